The van der Waals surface area contributed by atoms with Crippen molar-refractivity contribution in [3.63, 3.8) is 0 Å². The molecule has 0 aliphatic carbocycles. The summed E-state index contributed by atoms with van der Waals surface area (Å²) in [5.41, 5.74) is 0.710. The van der Waals surface area contributed by atoms with Crippen LogP contribution >= 0.6 is 11.8 Å². The summed E-state index contributed by atoms with van der Waals surface area (Å²) in [7, 11) is -3.22. The number of hydrogen-bond acceptors (Lipinski definition) is 7. The first kappa shape index (κ1) is 16.7. The zero-order valence-corrected chi connectivity index (χ0v) is 14.8. The summed E-state index contributed by atoms with van der Waals surface area (Å²) in [6.07, 6.45) is 4.87. The van der Waals surface area contributed by atoms with Crippen LogP contribution in [0.25, 0.3) is 5.69 Å². The van der Waals surface area contributed by atoms with Crippen molar-refractivity contribution in [1.29, 1.82) is 0 Å². The summed E-state index contributed by atoms with van der Waals surface area (Å²) in [4.78, 5) is 4.57. The second-order valence-electron chi connectivity index (χ2n) is 5.06. The van der Waals surface area contributed by atoms with E-state index in [2.05, 4.69) is 27.4 Å². The lowest BCUT2D eigenvalue weighted by Crippen LogP contribution is -2.04. The van der Waals surface area contributed by atoms with E-state index in [-0.39, 0.29) is 4.90 Å². The number of aryl methyl sites for hydroxylation is 1. The molecule has 0 atom stereocenters. The van der Waals surface area contributed by atoms with Gasteiger partial charge >= 0.3 is 0 Å². The van der Waals surface area contributed by atoms with Gasteiger partial charge in [-0.1, -0.05) is 11.8 Å². The largest absolute Gasteiger partial charge is 0.326 e. The van der Waals surface area contributed by atoms with E-state index in [1.54, 1.807) is 46.9 Å². The normalized spacial score (nSPS) is 11.8. The average Bonchev–Trinajstić information content (AvgIpc) is 3.20. The minimum absolute atomic E-state index is 0.264. The fraction of sp³-hybridized carbons (Fsp3) is 0.286. The molecule has 126 valence electrons. The average molecular weight is 364 g/mol. The highest BCUT2D eigenvalue weighted by molar-refractivity contribution is 7.98. The van der Waals surface area contributed by atoms with Crippen LogP contribution < -0.4 is 0 Å². The first-order valence-electron chi connectivity index (χ1n) is 7.20. The molecule has 0 saturated heterocycles. The van der Waals surface area contributed by atoms with E-state index in [1.807, 2.05) is 10.8 Å². The maximum absolute atomic E-state index is 11.5. The van der Waals surface area contributed by atoms with Gasteiger partial charge in [-0.05, 0) is 41.6 Å². The van der Waals surface area contributed by atoms with Crippen LogP contribution in [0.3, 0.4) is 0 Å². The number of tetrazole rings is 1. The van der Waals surface area contributed by atoms with Crippen molar-refractivity contribution >= 4 is 21.6 Å². The lowest BCUT2D eigenvalue weighted by atomic mass is 10.3. The standard InChI is InChI=1S/C14H16N6O2S2/c1-3-19-9-8-15-14(19)23-10-13-16-17-18-20(13)11-4-6-12(7-5-11)24(2,21)22/h4-9H,3,10H2,1-2H3. The zero-order valence-electron chi connectivity index (χ0n) is 13.2. The van der Waals surface area contributed by atoms with Crippen LogP contribution in [0.5, 0.6) is 0 Å². The predicted molar refractivity (Wildman–Crippen MR) is 89.7 cm³/mol. The van der Waals surface area contributed by atoms with Gasteiger partial charge in [0.1, 0.15) is 0 Å². The van der Waals surface area contributed by atoms with Gasteiger partial charge in [0.2, 0.25) is 0 Å². The lowest BCUT2D eigenvalue weighted by molar-refractivity contribution is 0.602. The fourth-order valence-electron chi connectivity index (χ4n) is 2.14. The number of benzene rings is 1. The number of imidazole rings is 1. The van der Waals surface area contributed by atoms with Gasteiger partial charge in [-0.2, -0.15) is 4.68 Å². The molecule has 3 rings (SSSR count). The third-order valence-corrected chi connectivity index (χ3v) is 5.52. The van der Waals surface area contributed by atoms with Gasteiger partial charge in [-0.25, -0.2) is 13.4 Å². The summed E-state index contributed by atoms with van der Waals surface area (Å²) < 4.78 is 26.7. The summed E-state index contributed by atoms with van der Waals surface area (Å²) >= 11 is 1.54. The van der Waals surface area contributed by atoms with E-state index in [1.165, 1.54) is 6.26 Å². The first-order chi connectivity index (χ1) is 11.5. The minimum Gasteiger partial charge on any atom is -0.326 e. The molecule has 24 heavy (non-hydrogen) atoms. The van der Waals surface area contributed by atoms with E-state index in [4.69, 9.17) is 0 Å². The molecule has 0 saturated carbocycles. The summed E-state index contributed by atoms with van der Waals surface area (Å²) in [5, 5.41) is 12.6. The summed E-state index contributed by atoms with van der Waals surface area (Å²) in [6, 6.07) is 6.47. The zero-order chi connectivity index (χ0) is 17.2. The lowest BCUT2D eigenvalue weighted by Gasteiger charge is -2.06. The molecule has 0 bridgehead atoms. The molecular weight excluding hydrogens is 348 g/mol. The van der Waals surface area contributed by atoms with Gasteiger partial charge < -0.3 is 4.57 Å². The molecule has 2 heterocycles. The highest BCUT2D eigenvalue weighted by Gasteiger charge is 2.12. The number of thioether (sulfide) groups is 1. The number of aromatic nitrogens is 6. The highest BCUT2D eigenvalue weighted by atomic mass is 32.2. The molecule has 10 heteroatoms. The van der Waals surface area contributed by atoms with Crippen molar-refractivity contribution in [2.75, 3.05) is 6.26 Å². The summed E-state index contributed by atoms with van der Waals surface area (Å²) in [6.45, 7) is 2.90. The van der Waals surface area contributed by atoms with Crippen molar-refractivity contribution in [1.82, 2.24) is 29.8 Å². The molecule has 0 fully saturated rings. The Morgan fingerprint density at radius 3 is 2.62 bits per heavy atom. The van der Waals surface area contributed by atoms with Gasteiger partial charge in [0.25, 0.3) is 0 Å². The fourth-order valence-corrected chi connectivity index (χ4v) is 3.70. The topological polar surface area (TPSA) is 95.6 Å². The molecule has 1 aromatic carbocycles. The van der Waals surface area contributed by atoms with Crippen LogP contribution in [0.1, 0.15) is 12.7 Å². The minimum atomic E-state index is -3.22. The molecule has 0 radical (unpaired) electrons. The van der Waals surface area contributed by atoms with Crippen LogP contribution in [0.4, 0.5) is 0 Å². The van der Waals surface area contributed by atoms with E-state index in [9.17, 15) is 8.42 Å². The molecule has 0 unspecified atom stereocenters. The highest BCUT2D eigenvalue weighted by Crippen LogP contribution is 2.21. The molecule has 0 N–H and O–H groups in total. The molecule has 2 aromatic heterocycles. The van der Waals surface area contributed by atoms with Gasteiger partial charge in [0.15, 0.2) is 20.8 Å². The molecule has 0 spiro atoms. The smallest absolute Gasteiger partial charge is 0.175 e. The Kier molecular flexibility index (Phi) is 4.67. The number of rotatable bonds is 6. The van der Waals surface area contributed by atoms with Gasteiger partial charge in [0, 0.05) is 25.2 Å². The quantitative estimate of drug-likeness (QED) is 0.613. The van der Waals surface area contributed by atoms with Crippen LogP contribution in [0.2, 0.25) is 0 Å². The van der Waals surface area contributed by atoms with Crippen molar-refractivity contribution in [3.05, 3.63) is 42.5 Å². The van der Waals surface area contributed by atoms with E-state index >= 15 is 0 Å². The number of sulfone groups is 1. The maximum Gasteiger partial charge on any atom is 0.175 e. The summed E-state index contributed by atoms with van der Waals surface area (Å²) in [5.74, 6) is 1.22. The predicted octanol–water partition coefficient (Wildman–Crippen LogP) is 1.57. The van der Waals surface area contributed by atoms with Crippen molar-refractivity contribution in [2.45, 2.75) is 29.3 Å². The molecule has 0 aliphatic heterocycles. The number of nitrogens with zero attached hydrogens (tertiary/aromatic N) is 6. The van der Waals surface area contributed by atoms with Crippen molar-refractivity contribution in [3.8, 4) is 5.69 Å². The van der Waals surface area contributed by atoms with E-state index in [0.29, 0.717) is 17.3 Å². The Balaban J connectivity index is 1.80. The second kappa shape index (κ2) is 6.73. The van der Waals surface area contributed by atoms with Crippen LogP contribution in [0, 0.1) is 0 Å². The monoisotopic (exact) mass is 364 g/mol. The van der Waals surface area contributed by atoms with E-state index < -0.39 is 9.84 Å². The molecule has 8 nitrogen and oxygen atoms in total. The molecular formula is C14H16N6O2S2. The Hall–Kier alpha value is -2.20. The van der Waals surface area contributed by atoms with Gasteiger partial charge in [-0.15, -0.1) is 5.10 Å². The van der Waals surface area contributed by atoms with Crippen LogP contribution in [-0.2, 0) is 22.1 Å². The van der Waals surface area contributed by atoms with Crippen molar-refractivity contribution in [2.24, 2.45) is 0 Å². The third-order valence-electron chi connectivity index (χ3n) is 3.39. The van der Waals surface area contributed by atoms with Crippen LogP contribution in [0.15, 0.2) is 46.7 Å². The Labute approximate surface area is 143 Å². The third kappa shape index (κ3) is 3.49. The Morgan fingerprint density at radius 1 is 1.21 bits per heavy atom. The SMILES string of the molecule is CCn1ccnc1SCc1nnnn1-c1ccc(S(C)(=O)=O)cc1. The molecule has 0 aliphatic rings. The van der Waals surface area contributed by atoms with Gasteiger partial charge in [-0.3, -0.25) is 0 Å². The van der Waals surface area contributed by atoms with Gasteiger partial charge in [0.05, 0.1) is 16.3 Å². The molecule has 0 amide bonds. The second-order valence-corrected chi connectivity index (χ2v) is 8.02. The Bertz CT molecular complexity index is 930. The van der Waals surface area contributed by atoms with Crippen molar-refractivity contribution < 1.29 is 8.42 Å². The van der Waals surface area contributed by atoms with Crippen LogP contribution in [-0.4, -0.2) is 44.4 Å². The first-order valence-corrected chi connectivity index (χ1v) is 10.1. The molecule has 3 aromatic rings. The van der Waals surface area contributed by atoms with E-state index in [0.717, 1.165) is 11.7 Å². The number of hydrogen-bond donors (Lipinski definition) is 0. The Morgan fingerprint density at radius 2 is 1.96 bits per heavy atom. The maximum atomic E-state index is 11.5.